The zero-order valence-electron chi connectivity index (χ0n) is 55.8. The van der Waals surface area contributed by atoms with E-state index >= 15 is 0 Å². The molecule has 0 radical (unpaired) electrons. The Morgan fingerprint density at radius 1 is 0.337 bits per heavy atom. The first-order chi connectivity index (χ1) is 41.3. The molecule has 0 fully saturated rings. The van der Waals surface area contributed by atoms with Crippen molar-refractivity contribution < 1.29 is 80.2 Å². The molecule has 0 spiro atoms. The lowest BCUT2D eigenvalue weighted by atomic mass is 9.99. The van der Waals surface area contributed by atoms with Gasteiger partial charge in [-0.3, -0.25) is 37.3 Å². The average Bonchev–Trinajstić information content (AvgIpc) is 3.69. The van der Waals surface area contributed by atoms with Gasteiger partial charge in [0, 0.05) is 25.7 Å². The number of hydrogen-bond donors (Lipinski definition) is 3. The molecule has 0 rings (SSSR count). The van der Waals surface area contributed by atoms with E-state index in [1.807, 2.05) is 0 Å². The van der Waals surface area contributed by atoms with E-state index in [1.54, 1.807) is 0 Å². The molecular formula is C67H130O17P2. The fraction of sp³-hybridized carbons (Fsp3) is 0.940. The summed E-state index contributed by atoms with van der Waals surface area (Å²) in [4.78, 5) is 72.3. The van der Waals surface area contributed by atoms with Crippen LogP contribution in [0.2, 0.25) is 0 Å². The van der Waals surface area contributed by atoms with Crippen LogP contribution >= 0.6 is 15.6 Å². The largest absolute Gasteiger partial charge is 0.472 e. The van der Waals surface area contributed by atoms with Crippen LogP contribution in [0.15, 0.2) is 0 Å². The van der Waals surface area contributed by atoms with Gasteiger partial charge >= 0.3 is 39.5 Å². The topological polar surface area (TPSA) is 237 Å². The first kappa shape index (κ1) is 84.1. The van der Waals surface area contributed by atoms with Crippen molar-refractivity contribution in [1.29, 1.82) is 0 Å². The number of phosphoric ester groups is 2. The number of aliphatic hydroxyl groups excluding tert-OH is 1. The monoisotopic (exact) mass is 1270 g/mol. The molecule has 0 aromatic rings. The smallest absolute Gasteiger partial charge is 0.462 e. The van der Waals surface area contributed by atoms with Gasteiger partial charge in [-0.15, -0.1) is 0 Å². The minimum Gasteiger partial charge on any atom is -0.462 e. The molecular weight excluding hydrogens is 1140 g/mol. The van der Waals surface area contributed by atoms with Crippen molar-refractivity contribution in [2.75, 3.05) is 39.6 Å². The molecule has 0 saturated carbocycles. The molecule has 86 heavy (non-hydrogen) atoms. The highest BCUT2D eigenvalue weighted by Crippen LogP contribution is 2.45. The Bertz CT molecular complexity index is 1700. The van der Waals surface area contributed by atoms with Gasteiger partial charge in [-0.1, -0.05) is 280 Å². The van der Waals surface area contributed by atoms with E-state index in [9.17, 15) is 43.2 Å². The molecule has 0 heterocycles. The van der Waals surface area contributed by atoms with Crippen LogP contribution in [0.25, 0.3) is 0 Å². The van der Waals surface area contributed by atoms with E-state index in [4.69, 9.17) is 37.0 Å². The molecule has 3 N–H and O–H groups in total. The molecule has 0 amide bonds. The molecule has 510 valence electrons. The molecule has 0 aliphatic carbocycles. The van der Waals surface area contributed by atoms with Crippen molar-refractivity contribution in [3.05, 3.63) is 0 Å². The van der Waals surface area contributed by atoms with Crippen LogP contribution in [0, 0.1) is 17.8 Å². The van der Waals surface area contributed by atoms with E-state index in [-0.39, 0.29) is 25.7 Å². The fourth-order valence-corrected chi connectivity index (χ4v) is 11.5. The van der Waals surface area contributed by atoms with Crippen molar-refractivity contribution in [2.24, 2.45) is 17.8 Å². The van der Waals surface area contributed by atoms with Crippen LogP contribution in [0.4, 0.5) is 0 Å². The number of phosphoric acid groups is 2. The molecule has 0 aliphatic rings. The Morgan fingerprint density at radius 2 is 0.593 bits per heavy atom. The molecule has 7 atom stereocenters. The standard InChI is InChI=1S/C67H130O17P2/c1-8-11-12-13-14-26-34-41-48-64(69)77-55-63(84-67(72)51-44-37-30-29-33-40-47-60(7)10-3)57-82-86(75,76)80-53-61(68)52-79-85(73,74)81-56-62(83-66(71)50-43-36-28-23-17-15-16-20-24-31-38-45-58(4)5)54-78-65(70)49-42-35-27-22-19-18-21-25-32-39-46-59(6)9-2/h58-63,68H,8-57H2,1-7H3,(H,73,74)(H,75,76)/t59?,60?,61-,62-,63-/m1/s1. The highest BCUT2D eigenvalue weighted by molar-refractivity contribution is 7.47. The molecule has 4 unspecified atom stereocenters. The second kappa shape index (κ2) is 58.2. The number of rotatable bonds is 65. The van der Waals surface area contributed by atoms with Crippen molar-refractivity contribution in [2.45, 2.75) is 349 Å². The zero-order chi connectivity index (χ0) is 63.8. The van der Waals surface area contributed by atoms with Gasteiger partial charge < -0.3 is 33.8 Å². The maximum Gasteiger partial charge on any atom is 0.472 e. The summed E-state index contributed by atoms with van der Waals surface area (Å²) in [5.74, 6) is 0.160. The third-order valence-electron chi connectivity index (χ3n) is 16.1. The van der Waals surface area contributed by atoms with Crippen LogP contribution < -0.4 is 0 Å². The summed E-state index contributed by atoms with van der Waals surface area (Å²) in [6.07, 6.45) is 40.3. The van der Waals surface area contributed by atoms with E-state index in [1.165, 1.54) is 135 Å². The van der Waals surface area contributed by atoms with Crippen molar-refractivity contribution in [3.63, 3.8) is 0 Å². The summed E-state index contributed by atoms with van der Waals surface area (Å²) >= 11 is 0. The second-order valence-electron chi connectivity index (χ2n) is 25.2. The lowest BCUT2D eigenvalue weighted by Crippen LogP contribution is -2.30. The lowest BCUT2D eigenvalue weighted by molar-refractivity contribution is -0.161. The quantitative estimate of drug-likeness (QED) is 0.0222. The summed E-state index contributed by atoms with van der Waals surface area (Å²) in [5, 5.41) is 10.6. The third-order valence-corrected chi connectivity index (χ3v) is 18.0. The summed E-state index contributed by atoms with van der Waals surface area (Å²) < 4.78 is 68.1. The van der Waals surface area contributed by atoms with Crippen molar-refractivity contribution in [1.82, 2.24) is 0 Å². The highest BCUT2D eigenvalue weighted by Gasteiger charge is 2.30. The van der Waals surface area contributed by atoms with Crippen LogP contribution in [0.5, 0.6) is 0 Å². The average molecular weight is 1270 g/mol. The van der Waals surface area contributed by atoms with Crippen LogP contribution in [0.1, 0.15) is 331 Å². The van der Waals surface area contributed by atoms with Crippen LogP contribution in [-0.2, 0) is 65.4 Å². The summed E-state index contributed by atoms with van der Waals surface area (Å²) in [5.41, 5.74) is 0. The first-order valence-electron chi connectivity index (χ1n) is 34.9. The predicted molar refractivity (Wildman–Crippen MR) is 344 cm³/mol. The Hall–Kier alpha value is -1.94. The maximum atomic E-state index is 13.0. The van der Waals surface area contributed by atoms with Gasteiger partial charge in [0.2, 0.25) is 0 Å². The Balaban J connectivity index is 5.24. The number of aliphatic hydroxyl groups is 1. The molecule has 0 aromatic heterocycles. The summed E-state index contributed by atoms with van der Waals surface area (Å²) in [7, 11) is -9.89. The number of carbonyl (C=O) groups excluding carboxylic acids is 4. The predicted octanol–water partition coefficient (Wildman–Crippen LogP) is 18.7. The van der Waals surface area contributed by atoms with E-state index < -0.39 is 97.5 Å². The Labute approximate surface area is 524 Å². The van der Waals surface area contributed by atoms with E-state index in [2.05, 4.69) is 48.5 Å². The minimum atomic E-state index is -4.95. The number of hydrogen-bond acceptors (Lipinski definition) is 15. The maximum absolute atomic E-state index is 13.0. The number of unbranched alkanes of at least 4 members (excludes halogenated alkanes) is 31. The molecule has 0 bridgehead atoms. The first-order valence-corrected chi connectivity index (χ1v) is 37.9. The molecule has 19 heteroatoms. The minimum absolute atomic E-state index is 0.102. The van der Waals surface area contributed by atoms with Gasteiger partial charge in [-0.2, -0.15) is 0 Å². The van der Waals surface area contributed by atoms with Gasteiger partial charge in [0.15, 0.2) is 12.2 Å². The molecule has 0 aromatic carbocycles. The lowest BCUT2D eigenvalue weighted by Gasteiger charge is -2.21. The Kier molecular flexibility index (Phi) is 56.9. The normalized spacial score (nSPS) is 14.9. The van der Waals surface area contributed by atoms with Gasteiger partial charge in [-0.25, -0.2) is 9.13 Å². The summed E-state index contributed by atoms with van der Waals surface area (Å²) in [6.45, 7) is 11.8. The molecule has 0 saturated heterocycles. The highest BCUT2D eigenvalue weighted by atomic mass is 31.2. The molecule has 0 aliphatic heterocycles. The van der Waals surface area contributed by atoms with Gasteiger partial charge in [0.1, 0.15) is 19.3 Å². The van der Waals surface area contributed by atoms with Gasteiger partial charge in [0.25, 0.3) is 0 Å². The number of esters is 4. The van der Waals surface area contributed by atoms with Gasteiger partial charge in [0.05, 0.1) is 26.4 Å². The fourth-order valence-electron chi connectivity index (χ4n) is 9.95. The zero-order valence-corrected chi connectivity index (χ0v) is 57.6. The van der Waals surface area contributed by atoms with Gasteiger partial charge in [-0.05, 0) is 43.4 Å². The third kappa shape index (κ3) is 58.4. The van der Waals surface area contributed by atoms with E-state index in [0.29, 0.717) is 25.7 Å². The van der Waals surface area contributed by atoms with E-state index in [0.717, 1.165) is 114 Å². The van der Waals surface area contributed by atoms with Crippen molar-refractivity contribution >= 4 is 39.5 Å². The van der Waals surface area contributed by atoms with Crippen molar-refractivity contribution in [3.8, 4) is 0 Å². The summed E-state index contributed by atoms with van der Waals surface area (Å²) in [6, 6.07) is 0. The molecule has 17 nitrogen and oxygen atoms in total. The Morgan fingerprint density at radius 3 is 0.884 bits per heavy atom. The number of ether oxygens (including phenoxy) is 4. The second-order valence-corrected chi connectivity index (χ2v) is 28.1. The van der Waals surface area contributed by atoms with Crippen LogP contribution in [0.3, 0.4) is 0 Å². The SMILES string of the molecule is CCCCCCCCCCC(=O)OC[C@H](COP(=O)(O)OC[C@H](O)COP(=O)(O)OC[C@@H](COC(=O)CCCCCCCCCCCCC(C)CC)OC(=O)CCCCCCCCCCCCCC(C)C)OC(=O)CCCCCCCCC(C)CC. The van der Waals surface area contributed by atoms with Crippen LogP contribution in [-0.4, -0.2) is 96.7 Å². The number of carbonyl (C=O) groups is 4.